The van der Waals surface area contributed by atoms with Gasteiger partial charge >= 0.3 is 0 Å². The quantitative estimate of drug-likeness (QED) is 0.567. The molecule has 2 nitrogen and oxygen atoms in total. The Morgan fingerprint density at radius 3 is 2.24 bits per heavy atom. The summed E-state index contributed by atoms with van der Waals surface area (Å²) in [6.45, 7) is 2.11. The van der Waals surface area contributed by atoms with Gasteiger partial charge in [-0.1, -0.05) is 71.8 Å². The van der Waals surface area contributed by atoms with Crippen molar-refractivity contribution in [2.24, 2.45) is 5.10 Å². The van der Waals surface area contributed by atoms with Crippen LogP contribution in [0.15, 0.2) is 84.0 Å². The van der Waals surface area contributed by atoms with Crippen molar-refractivity contribution in [2.45, 2.75) is 19.4 Å². The summed E-state index contributed by atoms with van der Waals surface area (Å²) in [5.41, 5.74) is 5.87. The van der Waals surface area contributed by atoms with Crippen LogP contribution in [0.3, 0.4) is 0 Å². The van der Waals surface area contributed by atoms with Gasteiger partial charge in [-0.3, -0.25) is 5.01 Å². The molecule has 0 aliphatic carbocycles. The van der Waals surface area contributed by atoms with E-state index in [1.165, 1.54) is 11.1 Å². The summed E-state index contributed by atoms with van der Waals surface area (Å²) in [7, 11) is 0. The molecule has 0 spiro atoms. The Morgan fingerprint density at radius 1 is 0.880 bits per heavy atom. The largest absolute Gasteiger partial charge is 0.257 e. The zero-order valence-corrected chi connectivity index (χ0v) is 14.8. The average Bonchev–Trinajstić information content (AvgIpc) is 3.09. The number of halogens is 1. The van der Waals surface area contributed by atoms with E-state index in [0.717, 1.165) is 28.4 Å². The highest BCUT2D eigenvalue weighted by Gasteiger charge is 2.29. The summed E-state index contributed by atoms with van der Waals surface area (Å²) in [5, 5.41) is 7.83. The number of para-hydroxylation sites is 1. The first kappa shape index (κ1) is 15.9. The molecule has 0 amide bonds. The standard InChI is InChI=1S/C22H19ClN2/c1-16-7-9-18(10-8-16)22-15-21(17-11-13-19(23)14-12-17)24-25(22)20-5-3-2-4-6-20/h2-14,22H,15H2,1H3. The molecule has 4 rings (SSSR count). The van der Waals surface area contributed by atoms with Crippen LogP contribution in [0.4, 0.5) is 5.69 Å². The van der Waals surface area contributed by atoms with Crippen molar-refractivity contribution in [3.8, 4) is 0 Å². The van der Waals surface area contributed by atoms with Gasteiger partial charge in [-0.15, -0.1) is 0 Å². The van der Waals surface area contributed by atoms with Gasteiger partial charge in [0, 0.05) is 11.4 Å². The fourth-order valence-electron chi connectivity index (χ4n) is 3.19. The molecule has 0 N–H and O–H groups in total. The summed E-state index contributed by atoms with van der Waals surface area (Å²) < 4.78 is 0. The lowest BCUT2D eigenvalue weighted by Gasteiger charge is -2.24. The van der Waals surface area contributed by atoms with Crippen molar-refractivity contribution in [3.05, 3.63) is 101 Å². The Bertz CT molecular complexity index is 884. The van der Waals surface area contributed by atoms with Crippen molar-refractivity contribution >= 4 is 23.0 Å². The van der Waals surface area contributed by atoms with Gasteiger partial charge < -0.3 is 0 Å². The van der Waals surface area contributed by atoms with Crippen LogP contribution in [0.2, 0.25) is 5.02 Å². The summed E-state index contributed by atoms with van der Waals surface area (Å²) in [5.74, 6) is 0. The molecule has 25 heavy (non-hydrogen) atoms. The van der Waals surface area contributed by atoms with Gasteiger partial charge in [-0.05, 0) is 42.3 Å². The van der Waals surface area contributed by atoms with Crippen molar-refractivity contribution in [2.75, 3.05) is 5.01 Å². The third-order valence-corrected chi connectivity index (χ3v) is 4.82. The van der Waals surface area contributed by atoms with E-state index < -0.39 is 0 Å². The fraction of sp³-hybridized carbons (Fsp3) is 0.136. The molecule has 0 saturated heterocycles. The Labute approximate surface area is 153 Å². The minimum atomic E-state index is 0.202. The number of hydrogen-bond acceptors (Lipinski definition) is 2. The summed E-state index contributed by atoms with van der Waals surface area (Å²) in [6.07, 6.45) is 0.875. The Balaban J connectivity index is 1.73. The Kier molecular flexibility index (Phi) is 4.29. The van der Waals surface area contributed by atoms with Crippen LogP contribution in [0.5, 0.6) is 0 Å². The third kappa shape index (κ3) is 3.31. The molecule has 1 aliphatic rings. The third-order valence-electron chi connectivity index (χ3n) is 4.57. The van der Waals surface area contributed by atoms with E-state index in [1.54, 1.807) is 0 Å². The van der Waals surface area contributed by atoms with Crippen molar-refractivity contribution < 1.29 is 0 Å². The SMILES string of the molecule is Cc1ccc(C2CC(c3ccc(Cl)cc3)=NN2c2ccccc2)cc1. The highest BCUT2D eigenvalue weighted by Crippen LogP contribution is 2.36. The van der Waals surface area contributed by atoms with E-state index >= 15 is 0 Å². The van der Waals surface area contributed by atoms with E-state index in [1.807, 2.05) is 30.3 Å². The Hall–Kier alpha value is -2.58. The zero-order valence-electron chi connectivity index (χ0n) is 14.1. The maximum atomic E-state index is 6.03. The maximum Gasteiger partial charge on any atom is 0.0831 e. The van der Waals surface area contributed by atoms with Crippen molar-refractivity contribution in [1.82, 2.24) is 0 Å². The van der Waals surface area contributed by atoms with Crippen LogP contribution in [-0.4, -0.2) is 5.71 Å². The molecule has 1 unspecified atom stereocenters. The molecule has 124 valence electrons. The van der Waals surface area contributed by atoms with E-state index in [-0.39, 0.29) is 6.04 Å². The number of aryl methyl sites for hydroxylation is 1. The second-order valence-corrected chi connectivity index (χ2v) is 6.80. The monoisotopic (exact) mass is 346 g/mol. The zero-order chi connectivity index (χ0) is 17.2. The molecule has 1 atom stereocenters. The van der Waals surface area contributed by atoms with Gasteiger partial charge in [0.2, 0.25) is 0 Å². The van der Waals surface area contributed by atoms with E-state index in [4.69, 9.17) is 16.7 Å². The van der Waals surface area contributed by atoms with Crippen LogP contribution >= 0.6 is 11.6 Å². The van der Waals surface area contributed by atoms with Crippen LogP contribution < -0.4 is 5.01 Å². The van der Waals surface area contributed by atoms with Gasteiger partial charge in [0.25, 0.3) is 0 Å². The highest BCUT2D eigenvalue weighted by atomic mass is 35.5. The lowest BCUT2D eigenvalue weighted by Crippen LogP contribution is -2.18. The molecule has 3 aromatic rings. The van der Waals surface area contributed by atoms with Gasteiger partial charge in [-0.25, -0.2) is 0 Å². The minimum Gasteiger partial charge on any atom is -0.257 e. The van der Waals surface area contributed by atoms with Crippen molar-refractivity contribution in [1.29, 1.82) is 0 Å². The number of hydrazone groups is 1. The minimum absolute atomic E-state index is 0.202. The van der Waals surface area contributed by atoms with Crippen LogP contribution in [0, 0.1) is 6.92 Å². The second-order valence-electron chi connectivity index (χ2n) is 6.36. The predicted octanol–water partition coefficient (Wildman–Crippen LogP) is 6.00. The summed E-state index contributed by atoms with van der Waals surface area (Å²) in [6, 6.07) is 27.2. The molecule has 0 bridgehead atoms. The van der Waals surface area contributed by atoms with Crippen LogP contribution in [0.1, 0.15) is 29.2 Å². The molecule has 1 aliphatic heterocycles. The fourth-order valence-corrected chi connectivity index (χ4v) is 3.32. The molecule has 0 saturated carbocycles. The van der Waals surface area contributed by atoms with Crippen LogP contribution in [0.25, 0.3) is 0 Å². The molecule has 0 aromatic heterocycles. The van der Waals surface area contributed by atoms with Gasteiger partial charge in [0.05, 0.1) is 17.4 Å². The molecule has 3 heteroatoms. The number of anilines is 1. The normalized spacial score (nSPS) is 16.8. The lowest BCUT2D eigenvalue weighted by atomic mass is 9.97. The van der Waals surface area contributed by atoms with Gasteiger partial charge in [0.1, 0.15) is 0 Å². The number of benzene rings is 3. The molecular formula is C22H19ClN2. The van der Waals surface area contributed by atoms with E-state index in [9.17, 15) is 0 Å². The van der Waals surface area contributed by atoms with Crippen LogP contribution in [-0.2, 0) is 0 Å². The average molecular weight is 347 g/mol. The molecular weight excluding hydrogens is 328 g/mol. The molecule has 0 radical (unpaired) electrons. The first-order valence-corrected chi connectivity index (χ1v) is 8.83. The number of nitrogens with zero attached hydrogens (tertiary/aromatic N) is 2. The smallest absolute Gasteiger partial charge is 0.0831 e. The molecule has 1 heterocycles. The lowest BCUT2D eigenvalue weighted by molar-refractivity contribution is 0.709. The predicted molar refractivity (Wildman–Crippen MR) is 105 cm³/mol. The van der Waals surface area contributed by atoms with Gasteiger partial charge in [0.15, 0.2) is 0 Å². The maximum absolute atomic E-state index is 6.03. The van der Waals surface area contributed by atoms with E-state index in [2.05, 4.69) is 60.5 Å². The number of hydrogen-bond donors (Lipinski definition) is 0. The molecule has 0 fully saturated rings. The topological polar surface area (TPSA) is 15.6 Å². The van der Waals surface area contributed by atoms with Crippen molar-refractivity contribution in [3.63, 3.8) is 0 Å². The number of rotatable bonds is 3. The highest BCUT2D eigenvalue weighted by molar-refractivity contribution is 6.30. The van der Waals surface area contributed by atoms with E-state index in [0.29, 0.717) is 0 Å². The second kappa shape index (κ2) is 6.73. The summed E-state index contributed by atoms with van der Waals surface area (Å²) in [4.78, 5) is 0. The molecule has 3 aromatic carbocycles. The first-order valence-electron chi connectivity index (χ1n) is 8.45. The first-order chi connectivity index (χ1) is 12.2. The Morgan fingerprint density at radius 2 is 1.56 bits per heavy atom. The van der Waals surface area contributed by atoms with Gasteiger partial charge in [-0.2, -0.15) is 5.10 Å². The summed E-state index contributed by atoms with van der Waals surface area (Å²) >= 11 is 6.03.